The van der Waals surface area contributed by atoms with Crippen LogP contribution < -0.4 is 14.8 Å². The van der Waals surface area contributed by atoms with Crippen LogP contribution in [0.1, 0.15) is 51.3 Å². The van der Waals surface area contributed by atoms with E-state index >= 15 is 0 Å². The summed E-state index contributed by atoms with van der Waals surface area (Å²) in [5.74, 6) is 1.46. The lowest BCUT2D eigenvalue weighted by Crippen LogP contribution is -2.27. The third-order valence-corrected chi connectivity index (χ3v) is 6.58. The molecule has 6 heteroatoms. The standard InChI is InChI=1S/C26H30N2O4/c1-25(2,3)23-14-17-13-19(6-7-20(17)28(23)11-4-12-29)27-24(30)26(9-10-26)18-5-8-21-22(15-18)32-16-31-21/h5-8,13-15,29H,4,9-12,16H2,1-3H3,(H,27,30). The Bertz CT molecular complexity index is 1180. The first kappa shape index (κ1) is 20.9. The van der Waals surface area contributed by atoms with Crippen LogP contribution in [0.15, 0.2) is 42.5 Å². The van der Waals surface area contributed by atoms with Crippen molar-refractivity contribution in [1.82, 2.24) is 4.57 Å². The quantitative estimate of drug-likeness (QED) is 0.589. The smallest absolute Gasteiger partial charge is 0.235 e. The van der Waals surface area contributed by atoms with Gasteiger partial charge in [-0.15, -0.1) is 0 Å². The number of rotatable bonds is 6. The maximum Gasteiger partial charge on any atom is 0.235 e. The highest BCUT2D eigenvalue weighted by Crippen LogP contribution is 2.51. The molecule has 3 aromatic rings. The third kappa shape index (κ3) is 3.52. The lowest BCUT2D eigenvalue weighted by molar-refractivity contribution is -0.118. The molecular weight excluding hydrogens is 404 g/mol. The van der Waals surface area contributed by atoms with Crippen LogP contribution in [0.2, 0.25) is 0 Å². The molecule has 0 atom stereocenters. The Morgan fingerprint density at radius 3 is 2.59 bits per heavy atom. The van der Waals surface area contributed by atoms with Gasteiger partial charge in [-0.05, 0) is 61.2 Å². The molecule has 2 N–H and O–H groups in total. The summed E-state index contributed by atoms with van der Waals surface area (Å²) in [4.78, 5) is 13.3. The predicted molar refractivity (Wildman–Crippen MR) is 124 cm³/mol. The molecular formula is C26H30N2O4. The summed E-state index contributed by atoms with van der Waals surface area (Å²) in [6.45, 7) is 7.75. The van der Waals surface area contributed by atoms with E-state index in [0.717, 1.165) is 47.3 Å². The summed E-state index contributed by atoms with van der Waals surface area (Å²) in [5, 5.41) is 13.6. The number of nitrogens with one attached hydrogen (secondary N) is 1. The Hall–Kier alpha value is -2.99. The molecule has 1 saturated carbocycles. The fraction of sp³-hybridized carbons (Fsp3) is 0.423. The molecule has 1 amide bonds. The molecule has 0 saturated heterocycles. The number of carbonyl (C=O) groups excluding carboxylic acids is 1. The second-order valence-corrected chi connectivity index (χ2v) is 9.89. The molecule has 1 fully saturated rings. The first-order valence-corrected chi connectivity index (χ1v) is 11.3. The number of benzene rings is 2. The van der Waals surface area contributed by atoms with E-state index < -0.39 is 5.41 Å². The van der Waals surface area contributed by atoms with Crippen molar-refractivity contribution < 1.29 is 19.4 Å². The molecule has 1 aliphatic heterocycles. The van der Waals surface area contributed by atoms with E-state index in [-0.39, 0.29) is 24.7 Å². The number of anilines is 1. The van der Waals surface area contributed by atoms with E-state index in [0.29, 0.717) is 12.2 Å². The number of amides is 1. The second-order valence-electron chi connectivity index (χ2n) is 9.89. The molecule has 168 valence electrons. The molecule has 1 aliphatic carbocycles. The first-order valence-electron chi connectivity index (χ1n) is 11.3. The van der Waals surface area contributed by atoms with E-state index in [1.165, 1.54) is 5.69 Å². The molecule has 0 unspecified atom stereocenters. The fourth-order valence-corrected chi connectivity index (χ4v) is 4.66. The molecule has 2 aliphatic rings. The van der Waals surface area contributed by atoms with Gasteiger partial charge in [-0.1, -0.05) is 26.8 Å². The van der Waals surface area contributed by atoms with Crippen LogP contribution in [0, 0.1) is 0 Å². The number of aliphatic hydroxyl groups is 1. The third-order valence-electron chi connectivity index (χ3n) is 6.58. The van der Waals surface area contributed by atoms with Crippen molar-refractivity contribution >= 4 is 22.5 Å². The van der Waals surface area contributed by atoms with Gasteiger partial charge in [0.05, 0.1) is 5.41 Å². The van der Waals surface area contributed by atoms with Gasteiger partial charge in [-0.3, -0.25) is 4.79 Å². The monoisotopic (exact) mass is 434 g/mol. The number of nitrogens with zero attached hydrogens (tertiary/aromatic N) is 1. The van der Waals surface area contributed by atoms with Crippen LogP contribution in [0.3, 0.4) is 0 Å². The van der Waals surface area contributed by atoms with Gasteiger partial charge in [-0.25, -0.2) is 0 Å². The van der Waals surface area contributed by atoms with Gasteiger partial charge < -0.3 is 24.5 Å². The minimum atomic E-state index is -0.500. The minimum Gasteiger partial charge on any atom is -0.454 e. The topological polar surface area (TPSA) is 72.7 Å². The highest BCUT2D eigenvalue weighted by Gasteiger charge is 2.51. The number of fused-ring (bicyclic) bond motifs is 2. The summed E-state index contributed by atoms with van der Waals surface area (Å²) < 4.78 is 13.2. The van der Waals surface area contributed by atoms with Crippen LogP contribution in [0.5, 0.6) is 11.5 Å². The summed E-state index contributed by atoms with van der Waals surface area (Å²) in [6.07, 6.45) is 2.36. The number of hydrogen-bond donors (Lipinski definition) is 2. The van der Waals surface area contributed by atoms with Crippen molar-refractivity contribution in [1.29, 1.82) is 0 Å². The Balaban J connectivity index is 1.42. The number of aromatic nitrogens is 1. The normalized spacial score (nSPS) is 16.4. The number of hydrogen-bond acceptors (Lipinski definition) is 4. The van der Waals surface area contributed by atoms with Crippen LogP contribution in [-0.4, -0.2) is 29.0 Å². The molecule has 1 aromatic heterocycles. The maximum absolute atomic E-state index is 13.3. The van der Waals surface area contributed by atoms with Crippen molar-refractivity contribution in [2.75, 3.05) is 18.7 Å². The zero-order valence-corrected chi connectivity index (χ0v) is 18.9. The Labute approximate surface area is 188 Å². The highest BCUT2D eigenvalue weighted by atomic mass is 16.7. The maximum atomic E-state index is 13.3. The summed E-state index contributed by atoms with van der Waals surface area (Å²) in [7, 11) is 0. The fourth-order valence-electron chi connectivity index (χ4n) is 4.66. The van der Waals surface area contributed by atoms with E-state index in [4.69, 9.17) is 9.47 Å². The number of carbonyl (C=O) groups is 1. The van der Waals surface area contributed by atoms with Gasteiger partial charge in [0, 0.05) is 40.9 Å². The minimum absolute atomic E-state index is 0.0185. The van der Waals surface area contributed by atoms with Gasteiger partial charge >= 0.3 is 0 Å². The van der Waals surface area contributed by atoms with Crippen molar-refractivity contribution in [3.63, 3.8) is 0 Å². The number of aliphatic hydroxyl groups excluding tert-OH is 1. The average Bonchev–Trinajstić information content (AvgIpc) is 3.29. The van der Waals surface area contributed by atoms with Crippen molar-refractivity contribution in [3.8, 4) is 11.5 Å². The molecule has 5 rings (SSSR count). The molecule has 0 bridgehead atoms. The summed E-state index contributed by atoms with van der Waals surface area (Å²) in [5.41, 5.74) is 3.61. The Morgan fingerprint density at radius 2 is 1.88 bits per heavy atom. The molecule has 32 heavy (non-hydrogen) atoms. The van der Waals surface area contributed by atoms with Crippen molar-refractivity contribution in [3.05, 3.63) is 53.7 Å². The molecule has 0 radical (unpaired) electrons. The van der Waals surface area contributed by atoms with E-state index in [2.05, 4.69) is 42.8 Å². The lowest BCUT2D eigenvalue weighted by Gasteiger charge is -2.22. The zero-order valence-electron chi connectivity index (χ0n) is 18.9. The second kappa shape index (κ2) is 7.55. The zero-order chi connectivity index (χ0) is 22.5. The molecule has 6 nitrogen and oxygen atoms in total. The SMILES string of the molecule is CC(C)(C)c1cc2cc(NC(=O)C3(c4ccc5c(c4)OCO5)CC3)ccc2n1CCCO. The lowest BCUT2D eigenvalue weighted by atomic mass is 9.92. The van der Waals surface area contributed by atoms with Crippen molar-refractivity contribution in [2.24, 2.45) is 0 Å². The van der Waals surface area contributed by atoms with Crippen LogP contribution in [-0.2, 0) is 22.2 Å². The number of aryl methyl sites for hydroxylation is 1. The van der Waals surface area contributed by atoms with E-state index in [1.807, 2.05) is 30.3 Å². The van der Waals surface area contributed by atoms with Gasteiger partial charge in [0.15, 0.2) is 11.5 Å². The summed E-state index contributed by atoms with van der Waals surface area (Å²) in [6, 6.07) is 14.1. The molecule has 0 spiro atoms. The van der Waals surface area contributed by atoms with Crippen LogP contribution in [0.4, 0.5) is 5.69 Å². The van der Waals surface area contributed by atoms with Crippen LogP contribution in [0.25, 0.3) is 10.9 Å². The van der Waals surface area contributed by atoms with Gasteiger partial charge in [0.1, 0.15) is 0 Å². The van der Waals surface area contributed by atoms with E-state index in [9.17, 15) is 9.90 Å². The first-order chi connectivity index (χ1) is 15.3. The van der Waals surface area contributed by atoms with Crippen LogP contribution >= 0.6 is 0 Å². The van der Waals surface area contributed by atoms with Gasteiger partial charge in [-0.2, -0.15) is 0 Å². The average molecular weight is 435 g/mol. The van der Waals surface area contributed by atoms with Gasteiger partial charge in [0.25, 0.3) is 0 Å². The molecule has 2 aromatic carbocycles. The Kier molecular flexibility index (Phi) is 4.93. The number of ether oxygens (including phenoxy) is 2. The largest absolute Gasteiger partial charge is 0.454 e. The van der Waals surface area contributed by atoms with E-state index in [1.54, 1.807) is 0 Å². The highest BCUT2D eigenvalue weighted by molar-refractivity contribution is 6.02. The van der Waals surface area contributed by atoms with Gasteiger partial charge in [0.2, 0.25) is 12.7 Å². The molecule has 2 heterocycles. The summed E-state index contributed by atoms with van der Waals surface area (Å²) >= 11 is 0. The Morgan fingerprint density at radius 1 is 1.09 bits per heavy atom. The van der Waals surface area contributed by atoms with Crippen molar-refractivity contribution in [2.45, 2.75) is 57.4 Å². The predicted octanol–water partition coefficient (Wildman–Crippen LogP) is 4.72.